The molecule has 2 aliphatic rings. The molecule has 2 aliphatic heterocycles. The van der Waals surface area contributed by atoms with Gasteiger partial charge in [-0.15, -0.1) is 0 Å². The number of benzene rings is 1. The summed E-state index contributed by atoms with van der Waals surface area (Å²) in [5, 5.41) is 13.3. The molecule has 2 heterocycles. The van der Waals surface area contributed by atoms with Crippen molar-refractivity contribution in [3.05, 3.63) is 28.8 Å². The fraction of sp³-hybridized carbons (Fsp3) is 0.562. The number of hydrogen-bond acceptors (Lipinski definition) is 3. The number of fused-ring (bicyclic) bond motifs is 1. The highest BCUT2D eigenvalue weighted by Crippen LogP contribution is 2.41. The number of nitrogens with one attached hydrogen (secondary N) is 1. The highest BCUT2D eigenvalue weighted by Gasteiger charge is 2.49. The van der Waals surface area contributed by atoms with Gasteiger partial charge < -0.3 is 20.1 Å². The largest absolute Gasteiger partial charge is 0.396 e. The number of likely N-dealkylation sites (tertiary alicyclic amines) is 1. The quantitative estimate of drug-likeness (QED) is 0.878. The van der Waals surface area contributed by atoms with E-state index in [9.17, 15) is 9.90 Å². The van der Waals surface area contributed by atoms with Gasteiger partial charge in [0.15, 0.2) is 0 Å². The molecule has 2 atom stereocenters. The Morgan fingerprint density at radius 3 is 3.14 bits per heavy atom. The van der Waals surface area contributed by atoms with Crippen LogP contribution in [0.3, 0.4) is 0 Å². The van der Waals surface area contributed by atoms with Gasteiger partial charge in [-0.25, -0.2) is 4.79 Å². The number of aliphatic hydroxyl groups excluding tert-OH is 1. The van der Waals surface area contributed by atoms with E-state index in [2.05, 4.69) is 5.32 Å². The average molecular weight is 325 g/mol. The zero-order chi connectivity index (χ0) is 15.7. The summed E-state index contributed by atoms with van der Waals surface area (Å²) in [4.78, 5) is 14.3. The molecule has 5 nitrogen and oxygen atoms in total. The maximum atomic E-state index is 12.5. The minimum absolute atomic E-state index is 0.0982. The molecule has 2 amide bonds. The van der Waals surface area contributed by atoms with Crippen LogP contribution >= 0.6 is 11.6 Å². The number of carbonyl (C=O) groups is 1. The molecule has 0 aromatic heterocycles. The van der Waals surface area contributed by atoms with Crippen LogP contribution in [0.25, 0.3) is 0 Å². The van der Waals surface area contributed by atoms with Gasteiger partial charge in [0.25, 0.3) is 0 Å². The van der Waals surface area contributed by atoms with Gasteiger partial charge in [-0.1, -0.05) is 17.7 Å². The molecular weight excluding hydrogens is 304 g/mol. The predicted molar refractivity (Wildman–Crippen MR) is 85.2 cm³/mol. The van der Waals surface area contributed by atoms with Crippen molar-refractivity contribution < 1.29 is 14.6 Å². The van der Waals surface area contributed by atoms with Crippen LogP contribution in [0, 0.1) is 18.3 Å². The van der Waals surface area contributed by atoms with E-state index < -0.39 is 0 Å². The van der Waals surface area contributed by atoms with Crippen molar-refractivity contribution in [1.29, 1.82) is 0 Å². The zero-order valence-corrected chi connectivity index (χ0v) is 13.4. The first-order chi connectivity index (χ1) is 10.6. The molecule has 0 saturated carbocycles. The van der Waals surface area contributed by atoms with Crippen LogP contribution in [0.4, 0.5) is 10.5 Å². The number of hydrogen-bond donors (Lipinski definition) is 2. The predicted octanol–water partition coefficient (Wildman–Crippen LogP) is 2.51. The molecular formula is C16H21ClN2O3. The van der Waals surface area contributed by atoms with Gasteiger partial charge in [0.2, 0.25) is 0 Å². The van der Waals surface area contributed by atoms with Crippen molar-refractivity contribution in [2.75, 3.05) is 38.2 Å². The van der Waals surface area contributed by atoms with Gasteiger partial charge >= 0.3 is 6.03 Å². The van der Waals surface area contributed by atoms with E-state index >= 15 is 0 Å². The fourth-order valence-corrected chi connectivity index (χ4v) is 3.57. The summed E-state index contributed by atoms with van der Waals surface area (Å²) < 4.78 is 5.50. The van der Waals surface area contributed by atoms with E-state index in [1.54, 1.807) is 11.0 Å². The molecule has 22 heavy (non-hydrogen) atoms. The van der Waals surface area contributed by atoms with Gasteiger partial charge in [-0.3, -0.25) is 0 Å². The summed E-state index contributed by atoms with van der Waals surface area (Å²) >= 11 is 6.09. The maximum absolute atomic E-state index is 12.5. The number of aliphatic hydroxyl groups is 1. The number of urea groups is 1. The van der Waals surface area contributed by atoms with Crippen molar-refractivity contribution >= 4 is 23.3 Å². The number of anilines is 1. The molecule has 0 unspecified atom stereocenters. The Bertz CT molecular complexity index is 581. The zero-order valence-electron chi connectivity index (χ0n) is 12.6. The Balaban J connectivity index is 1.72. The van der Waals surface area contributed by atoms with E-state index in [1.165, 1.54) is 0 Å². The van der Waals surface area contributed by atoms with Crippen LogP contribution in [-0.2, 0) is 4.74 Å². The van der Waals surface area contributed by atoms with Gasteiger partial charge in [-0.05, 0) is 31.0 Å². The second-order valence-electron chi connectivity index (χ2n) is 6.27. The number of ether oxygens (including phenoxy) is 1. The smallest absolute Gasteiger partial charge is 0.321 e. The van der Waals surface area contributed by atoms with E-state index in [0.29, 0.717) is 31.3 Å². The number of rotatable bonds is 2. The molecule has 6 heteroatoms. The fourth-order valence-electron chi connectivity index (χ4n) is 3.40. The lowest BCUT2D eigenvalue weighted by Gasteiger charge is -2.36. The van der Waals surface area contributed by atoms with Crippen molar-refractivity contribution in [3.8, 4) is 0 Å². The van der Waals surface area contributed by atoms with Crippen molar-refractivity contribution in [2.24, 2.45) is 11.3 Å². The minimum atomic E-state index is -0.209. The molecule has 120 valence electrons. The van der Waals surface area contributed by atoms with E-state index in [1.807, 2.05) is 19.1 Å². The van der Waals surface area contributed by atoms with Crippen LogP contribution in [0.1, 0.15) is 12.0 Å². The summed E-state index contributed by atoms with van der Waals surface area (Å²) in [6.07, 6.45) is 0.800. The summed E-state index contributed by atoms with van der Waals surface area (Å²) in [7, 11) is 0. The molecule has 0 spiro atoms. The lowest BCUT2D eigenvalue weighted by Crippen LogP contribution is -2.41. The van der Waals surface area contributed by atoms with Crippen LogP contribution in [0.5, 0.6) is 0 Å². The van der Waals surface area contributed by atoms with Crippen LogP contribution in [0.2, 0.25) is 5.02 Å². The Hall–Kier alpha value is -1.30. The molecule has 3 rings (SSSR count). The van der Waals surface area contributed by atoms with E-state index in [4.69, 9.17) is 16.3 Å². The molecule has 1 aromatic rings. The maximum Gasteiger partial charge on any atom is 0.321 e. The molecule has 1 aromatic carbocycles. The number of amides is 2. The third-order valence-corrected chi connectivity index (χ3v) is 5.40. The van der Waals surface area contributed by atoms with Crippen molar-refractivity contribution in [3.63, 3.8) is 0 Å². The minimum Gasteiger partial charge on any atom is -0.396 e. The molecule has 2 saturated heterocycles. The second kappa shape index (κ2) is 6.07. The van der Waals surface area contributed by atoms with Crippen LogP contribution < -0.4 is 5.32 Å². The summed E-state index contributed by atoms with van der Waals surface area (Å²) in [5.74, 6) is 0.206. The first-order valence-corrected chi connectivity index (χ1v) is 7.93. The SMILES string of the molecule is Cc1c(Cl)cccc1NC(=O)N1C[C@@H]2COCC[C@]2(CO)C1. The van der Waals surface area contributed by atoms with E-state index in [-0.39, 0.29) is 24.0 Å². The highest BCUT2D eigenvalue weighted by molar-refractivity contribution is 6.31. The normalized spacial score (nSPS) is 27.6. The summed E-state index contributed by atoms with van der Waals surface area (Å²) in [6.45, 7) is 4.43. The Labute approximate surface area is 135 Å². The van der Waals surface area contributed by atoms with Gasteiger partial charge in [0.05, 0.1) is 13.2 Å². The monoisotopic (exact) mass is 324 g/mol. The Morgan fingerprint density at radius 1 is 1.59 bits per heavy atom. The van der Waals surface area contributed by atoms with Crippen molar-refractivity contribution in [2.45, 2.75) is 13.3 Å². The topological polar surface area (TPSA) is 61.8 Å². The van der Waals surface area contributed by atoms with Crippen LogP contribution in [-0.4, -0.2) is 48.9 Å². The first-order valence-electron chi connectivity index (χ1n) is 7.55. The third-order valence-electron chi connectivity index (χ3n) is 4.99. The lowest BCUT2D eigenvalue weighted by atomic mass is 9.75. The molecule has 2 fully saturated rings. The van der Waals surface area contributed by atoms with Gasteiger partial charge in [-0.2, -0.15) is 0 Å². The Kier molecular flexibility index (Phi) is 4.30. The van der Waals surface area contributed by atoms with Crippen LogP contribution in [0.15, 0.2) is 18.2 Å². The lowest BCUT2D eigenvalue weighted by molar-refractivity contribution is -0.0415. The molecule has 2 N–H and O–H groups in total. The highest BCUT2D eigenvalue weighted by atomic mass is 35.5. The van der Waals surface area contributed by atoms with Gasteiger partial charge in [0.1, 0.15) is 0 Å². The molecule has 0 bridgehead atoms. The molecule has 0 radical (unpaired) electrons. The number of halogens is 1. The standard InChI is InChI=1S/C16H21ClN2O3/c1-11-13(17)3-2-4-14(11)18-15(21)19-7-12-8-22-6-5-16(12,9-19)10-20/h2-4,12,20H,5-10H2,1H3,(H,18,21)/t12-,16-/m1/s1. The Morgan fingerprint density at radius 2 is 2.41 bits per heavy atom. The third kappa shape index (κ3) is 2.69. The van der Waals surface area contributed by atoms with Gasteiger partial charge in [0, 0.05) is 41.7 Å². The summed E-state index contributed by atoms with van der Waals surface area (Å²) in [5.41, 5.74) is 1.37. The summed E-state index contributed by atoms with van der Waals surface area (Å²) in [6, 6.07) is 5.31. The number of carbonyl (C=O) groups excluding carboxylic acids is 1. The molecule has 0 aliphatic carbocycles. The first kappa shape index (κ1) is 15.6. The van der Waals surface area contributed by atoms with Crippen molar-refractivity contribution in [1.82, 2.24) is 4.90 Å². The second-order valence-corrected chi connectivity index (χ2v) is 6.67. The average Bonchev–Trinajstić information content (AvgIpc) is 2.92. The van der Waals surface area contributed by atoms with E-state index in [0.717, 1.165) is 17.7 Å². The number of nitrogens with zero attached hydrogens (tertiary/aromatic N) is 1.